The van der Waals surface area contributed by atoms with Crippen LogP contribution in [0.2, 0.25) is 0 Å². The van der Waals surface area contributed by atoms with E-state index in [0.717, 1.165) is 14.9 Å². The van der Waals surface area contributed by atoms with Gasteiger partial charge in [-0.3, -0.25) is 4.72 Å². The standard InChI is InChI=1S/C12H10INO4S2/c1-7-6-19-10(12(15)16)11(7)20(17,18)14-9-4-2-8(13)3-5-9/h2-6,14H,1H3,(H,15,16). The van der Waals surface area contributed by atoms with Gasteiger partial charge in [0.15, 0.2) is 0 Å². The summed E-state index contributed by atoms with van der Waals surface area (Å²) in [5.74, 6) is -1.24. The lowest BCUT2D eigenvalue weighted by molar-refractivity contribution is 0.0698. The number of hydrogen-bond acceptors (Lipinski definition) is 4. The molecular formula is C12H10INO4S2. The summed E-state index contributed by atoms with van der Waals surface area (Å²) in [5.41, 5.74) is 0.817. The molecule has 8 heteroatoms. The third-order valence-electron chi connectivity index (χ3n) is 2.48. The molecule has 1 heterocycles. The Hall–Kier alpha value is -1.13. The van der Waals surface area contributed by atoms with Crippen LogP contribution in [-0.4, -0.2) is 19.5 Å². The van der Waals surface area contributed by atoms with Crippen molar-refractivity contribution < 1.29 is 18.3 Å². The van der Waals surface area contributed by atoms with Crippen LogP contribution < -0.4 is 4.72 Å². The largest absolute Gasteiger partial charge is 0.477 e. The summed E-state index contributed by atoms with van der Waals surface area (Å²) in [6.07, 6.45) is 0. The third kappa shape index (κ3) is 3.13. The number of anilines is 1. The minimum absolute atomic E-state index is 0.173. The van der Waals surface area contributed by atoms with Gasteiger partial charge in [-0.1, -0.05) is 0 Å². The average molecular weight is 423 g/mol. The van der Waals surface area contributed by atoms with Gasteiger partial charge >= 0.3 is 5.97 Å². The molecule has 106 valence electrons. The average Bonchev–Trinajstić information content (AvgIpc) is 2.75. The molecule has 0 fully saturated rings. The Morgan fingerprint density at radius 3 is 2.45 bits per heavy atom. The zero-order valence-corrected chi connectivity index (χ0v) is 14.0. The zero-order chi connectivity index (χ0) is 14.9. The van der Waals surface area contributed by atoms with E-state index in [1.807, 2.05) is 0 Å². The molecule has 0 amide bonds. The van der Waals surface area contributed by atoms with Crippen molar-refractivity contribution in [2.45, 2.75) is 11.8 Å². The van der Waals surface area contributed by atoms with Crippen LogP contribution in [0.3, 0.4) is 0 Å². The van der Waals surface area contributed by atoms with E-state index in [-0.39, 0.29) is 9.77 Å². The number of halogens is 1. The van der Waals surface area contributed by atoms with Crippen molar-refractivity contribution in [2.75, 3.05) is 4.72 Å². The van der Waals surface area contributed by atoms with Crippen molar-refractivity contribution in [3.05, 3.63) is 43.7 Å². The topological polar surface area (TPSA) is 83.5 Å². The summed E-state index contributed by atoms with van der Waals surface area (Å²) in [4.78, 5) is 10.7. The second kappa shape index (κ2) is 5.70. The first-order valence-corrected chi connectivity index (χ1v) is 8.85. The fraction of sp³-hybridized carbons (Fsp3) is 0.0833. The fourth-order valence-corrected chi connectivity index (χ4v) is 4.69. The Kier molecular flexibility index (Phi) is 4.35. The molecule has 1 aromatic carbocycles. The number of aromatic carboxylic acids is 1. The van der Waals surface area contributed by atoms with Gasteiger partial charge in [-0.25, -0.2) is 13.2 Å². The van der Waals surface area contributed by atoms with Gasteiger partial charge in [0.1, 0.15) is 9.77 Å². The van der Waals surface area contributed by atoms with Crippen molar-refractivity contribution in [1.29, 1.82) is 0 Å². The quantitative estimate of drug-likeness (QED) is 0.741. The van der Waals surface area contributed by atoms with Gasteiger partial charge in [0.2, 0.25) is 0 Å². The number of thiophene rings is 1. The second-order valence-electron chi connectivity index (χ2n) is 3.99. The molecule has 0 spiro atoms. The van der Waals surface area contributed by atoms with Crippen LogP contribution in [0.5, 0.6) is 0 Å². The van der Waals surface area contributed by atoms with Gasteiger partial charge in [0, 0.05) is 9.26 Å². The maximum absolute atomic E-state index is 12.3. The van der Waals surface area contributed by atoms with Crippen LogP contribution in [0, 0.1) is 10.5 Å². The summed E-state index contributed by atoms with van der Waals surface area (Å²) in [5, 5.41) is 10.6. The lowest BCUT2D eigenvalue weighted by Gasteiger charge is -2.09. The predicted octanol–water partition coefficient (Wildman–Crippen LogP) is 3.16. The number of rotatable bonds is 4. The smallest absolute Gasteiger partial charge is 0.347 e. The van der Waals surface area contributed by atoms with Crippen LogP contribution in [0.25, 0.3) is 0 Å². The summed E-state index contributed by atoms with van der Waals surface area (Å²) in [6, 6.07) is 6.77. The third-order valence-corrected chi connectivity index (χ3v) is 5.98. The zero-order valence-electron chi connectivity index (χ0n) is 10.3. The molecule has 2 rings (SSSR count). The van der Waals surface area contributed by atoms with Crippen LogP contribution in [0.4, 0.5) is 5.69 Å². The molecule has 2 aromatic rings. The summed E-state index contributed by atoms with van der Waals surface area (Å²) in [7, 11) is -3.91. The molecule has 0 aliphatic carbocycles. The first-order valence-electron chi connectivity index (χ1n) is 5.41. The second-order valence-corrected chi connectivity index (χ2v) is 7.74. The summed E-state index contributed by atoms with van der Waals surface area (Å²) in [6.45, 7) is 1.57. The molecule has 0 atom stereocenters. The highest BCUT2D eigenvalue weighted by molar-refractivity contribution is 14.1. The van der Waals surface area contributed by atoms with Crippen LogP contribution in [-0.2, 0) is 10.0 Å². The molecule has 0 saturated carbocycles. The Labute approximate surface area is 133 Å². The van der Waals surface area contributed by atoms with Gasteiger partial charge in [0.05, 0.1) is 0 Å². The Bertz CT molecular complexity index is 750. The molecule has 0 aliphatic heterocycles. The van der Waals surface area contributed by atoms with Gasteiger partial charge in [-0.15, -0.1) is 11.3 Å². The summed E-state index contributed by atoms with van der Waals surface area (Å²) < 4.78 is 28.0. The molecule has 2 N–H and O–H groups in total. The van der Waals surface area contributed by atoms with Crippen molar-refractivity contribution >= 4 is 55.6 Å². The lowest BCUT2D eigenvalue weighted by Crippen LogP contribution is -2.16. The Morgan fingerprint density at radius 1 is 1.30 bits per heavy atom. The number of carbonyl (C=O) groups is 1. The fourth-order valence-electron chi connectivity index (χ4n) is 1.64. The number of hydrogen-bond donors (Lipinski definition) is 2. The first kappa shape index (κ1) is 15.3. The normalized spacial score (nSPS) is 11.3. The van der Waals surface area contributed by atoms with Crippen LogP contribution >= 0.6 is 33.9 Å². The van der Waals surface area contributed by atoms with E-state index in [4.69, 9.17) is 5.11 Å². The SMILES string of the molecule is Cc1csc(C(=O)O)c1S(=O)(=O)Nc1ccc(I)cc1. The molecule has 0 radical (unpaired) electrons. The molecule has 0 unspecified atom stereocenters. The van der Waals surface area contributed by atoms with Crippen molar-refractivity contribution in [2.24, 2.45) is 0 Å². The van der Waals surface area contributed by atoms with Gasteiger partial charge < -0.3 is 5.11 Å². The monoisotopic (exact) mass is 423 g/mol. The van der Waals surface area contributed by atoms with Gasteiger partial charge in [-0.2, -0.15) is 0 Å². The summed E-state index contributed by atoms with van der Waals surface area (Å²) >= 11 is 3.01. The maximum Gasteiger partial charge on any atom is 0.347 e. The van der Waals surface area contributed by atoms with E-state index >= 15 is 0 Å². The highest BCUT2D eigenvalue weighted by atomic mass is 127. The molecule has 0 bridgehead atoms. The molecular weight excluding hydrogens is 413 g/mol. The molecule has 1 aromatic heterocycles. The highest BCUT2D eigenvalue weighted by Crippen LogP contribution is 2.28. The van der Waals surface area contributed by atoms with E-state index in [9.17, 15) is 13.2 Å². The lowest BCUT2D eigenvalue weighted by atomic mass is 10.3. The molecule has 20 heavy (non-hydrogen) atoms. The number of nitrogens with one attached hydrogen (secondary N) is 1. The van der Waals surface area contributed by atoms with Gasteiger partial charge in [-0.05, 0) is 64.7 Å². The number of sulfonamides is 1. The number of benzene rings is 1. The van der Waals surface area contributed by atoms with Crippen LogP contribution in [0.1, 0.15) is 15.2 Å². The Morgan fingerprint density at radius 2 is 1.90 bits per heavy atom. The number of carboxylic acid groups (broad SMARTS) is 1. The molecule has 0 aliphatic rings. The molecule has 5 nitrogen and oxygen atoms in total. The predicted molar refractivity (Wildman–Crippen MR) is 86.0 cm³/mol. The minimum Gasteiger partial charge on any atom is -0.477 e. The van der Waals surface area contributed by atoms with E-state index in [1.54, 1.807) is 31.2 Å². The maximum atomic E-state index is 12.3. The highest BCUT2D eigenvalue weighted by Gasteiger charge is 2.26. The van der Waals surface area contributed by atoms with Gasteiger partial charge in [0.25, 0.3) is 10.0 Å². The number of aryl methyl sites for hydroxylation is 1. The Balaban J connectivity index is 2.43. The molecule has 0 saturated heterocycles. The van der Waals surface area contributed by atoms with E-state index in [0.29, 0.717) is 11.3 Å². The van der Waals surface area contributed by atoms with Crippen molar-refractivity contribution in [3.8, 4) is 0 Å². The van der Waals surface area contributed by atoms with E-state index in [1.165, 1.54) is 5.38 Å². The van der Waals surface area contributed by atoms with E-state index < -0.39 is 16.0 Å². The van der Waals surface area contributed by atoms with Crippen LogP contribution in [0.15, 0.2) is 34.5 Å². The van der Waals surface area contributed by atoms with E-state index in [2.05, 4.69) is 27.3 Å². The minimum atomic E-state index is -3.91. The first-order chi connectivity index (χ1) is 9.31. The van der Waals surface area contributed by atoms with Crippen molar-refractivity contribution in [1.82, 2.24) is 0 Å². The number of carboxylic acids is 1. The van der Waals surface area contributed by atoms with Crippen molar-refractivity contribution in [3.63, 3.8) is 0 Å².